The molecule has 3 heterocycles. The third-order valence-corrected chi connectivity index (χ3v) is 3.62. The lowest BCUT2D eigenvalue weighted by atomic mass is 9.86. The highest BCUT2D eigenvalue weighted by Crippen LogP contribution is 2.30. The number of hydrogen-bond acceptors (Lipinski definition) is 8. The van der Waals surface area contributed by atoms with Gasteiger partial charge in [0.2, 0.25) is 0 Å². The lowest BCUT2D eigenvalue weighted by molar-refractivity contribution is -0.232. The van der Waals surface area contributed by atoms with E-state index < -0.39 is 47.4 Å². The van der Waals surface area contributed by atoms with E-state index >= 15 is 0 Å². The van der Waals surface area contributed by atoms with E-state index in [9.17, 15) is 29.7 Å². The molecular weight excluding hydrogens is 288 g/mol. The second-order valence-corrected chi connectivity index (χ2v) is 5.29. The van der Waals surface area contributed by atoms with Gasteiger partial charge in [0.05, 0.1) is 13.2 Å². The van der Waals surface area contributed by atoms with Gasteiger partial charge in [-0.3, -0.25) is 14.4 Å². The van der Waals surface area contributed by atoms with Crippen LogP contribution >= 0.6 is 0 Å². The predicted octanol–water partition coefficient (Wildman–Crippen LogP) is -4.29. The number of carbonyl (C=O) groups is 3. The Kier molecular flexibility index (Phi) is 3.54. The maximum absolute atomic E-state index is 12.1. The number of piperazine rings is 1. The minimum absolute atomic E-state index is 0.382. The van der Waals surface area contributed by atoms with Crippen molar-refractivity contribution in [1.29, 1.82) is 0 Å². The second-order valence-electron chi connectivity index (χ2n) is 5.29. The minimum Gasteiger partial charge on any atom is -0.393 e. The van der Waals surface area contributed by atoms with Gasteiger partial charge in [0, 0.05) is 6.42 Å². The van der Waals surface area contributed by atoms with E-state index in [0.717, 1.165) is 6.92 Å². The molecule has 3 aliphatic heterocycles. The van der Waals surface area contributed by atoms with Crippen molar-refractivity contribution >= 4 is 17.6 Å². The number of rotatable bonds is 3. The summed E-state index contributed by atoms with van der Waals surface area (Å²) < 4.78 is 5.11. The van der Waals surface area contributed by atoms with Crippen LogP contribution in [0.5, 0.6) is 0 Å². The number of amides is 2. The average Bonchev–Trinajstić information content (AvgIpc) is 2.42. The summed E-state index contributed by atoms with van der Waals surface area (Å²) in [5, 5.41) is 42.8. The maximum atomic E-state index is 12.1. The molecule has 10 heteroatoms. The van der Waals surface area contributed by atoms with Crippen molar-refractivity contribution in [3.8, 4) is 0 Å². The first kappa shape index (κ1) is 15.8. The Hall–Kier alpha value is -1.59. The Labute approximate surface area is 118 Å². The van der Waals surface area contributed by atoms with E-state index in [4.69, 9.17) is 9.84 Å². The van der Waals surface area contributed by atoms with Gasteiger partial charge in [-0.05, 0) is 6.92 Å². The van der Waals surface area contributed by atoms with Crippen LogP contribution in [0.25, 0.3) is 0 Å². The van der Waals surface area contributed by atoms with E-state index in [1.54, 1.807) is 5.32 Å². The van der Waals surface area contributed by atoms with E-state index in [2.05, 4.69) is 0 Å². The zero-order valence-electron chi connectivity index (χ0n) is 11.1. The molecule has 3 saturated heterocycles. The number of Topliss-reactive ketones (excluding diaryl/α,β-unsaturated/α-hetero) is 1. The quantitative estimate of drug-likeness (QED) is 0.285. The van der Waals surface area contributed by atoms with Gasteiger partial charge in [-0.25, -0.2) is 0 Å². The number of aliphatic hydroxyl groups is 4. The molecule has 4 atom stereocenters. The van der Waals surface area contributed by atoms with Crippen LogP contribution in [-0.2, 0) is 19.1 Å². The molecule has 0 aliphatic carbocycles. The van der Waals surface area contributed by atoms with Crippen molar-refractivity contribution in [1.82, 2.24) is 10.6 Å². The lowest BCUT2D eigenvalue weighted by Crippen LogP contribution is -2.84. The highest BCUT2D eigenvalue weighted by atomic mass is 16.5. The second kappa shape index (κ2) is 4.71. The summed E-state index contributed by atoms with van der Waals surface area (Å²) in [6.45, 7) is -0.279. The topological polar surface area (TPSA) is 165 Å². The smallest absolute Gasteiger partial charge is 0.284 e. The number of hydrogen-bond donors (Lipinski definition) is 6. The van der Waals surface area contributed by atoms with E-state index in [-0.39, 0.29) is 13.0 Å². The SMILES string of the molecule is C[C@](O)(CO)[C@H](O)[C@@]12NC(=O)[C@](O)(NC1=O)C(=O)CCO2. The molecule has 6 N–H and O–H groups in total. The standard InChI is InChI=1S/C11H16N2O8/c1-9(19,4-14)6(16)11-8(18)12-10(20,7(17)13-11)5(15)2-3-21-11/h6,14,16,19-20H,2-4H2,1H3,(H,12,18)(H,13,17)/t6-,9-,10-,11-/m0/s1. The molecule has 10 nitrogen and oxygen atoms in total. The third kappa shape index (κ3) is 2.12. The normalized spacial score (nSPS) is 37.1. The van der Waals surface area contributed by atoms with E-state index in [1.165, 1.54) is 0 Å². The number of nitrogens with one attached hydrogen (secondary N) is 2. The summed E-state index contributed by atoms with van der Waals surface area (Å²) in [7, 11) is 0. The summed E-state index contributed by atoms with van der Waals surface area (Å²) in [6, 6.07) is 0. The molecule has 3 rings (SSSR count). The van der Waals surface area contributed by atoms with Crippen molar-refractivity contribution in [3.63, 3.8) is 0 Å². The van der Waals surface area contributed by atoms with Crippen LogP contribution in [0.1, 0.15) is 13.3 Å². The molecule has 118 valence electrons. The molecule has 3 aliphatic rings. The van der Waals surface area contributed by atoms with Crippen LogP contribution in [0.2, 0.25) is 0 Å². The summed E-state index contributed by atoms with van der Waals surface area (Å²) in [4.78, 5) is 35.7. The lowest BCUT2D eigenvalue weighted by Gasteiger charge is -2.48. The Bertz CT molecular complexity index is 506. The maximum Gasteiger partial charge on any atom is 0.284 e. The average molecular weight is 304 g/mol. The molecule has 2 amide bonds. The largest absolute Gasteiger partial charge is 0.393 e. The molecule has 0 spiro atoms. The zero-order valence-corrected chi connectivity index (χ0v) is 11.1. The van der Waals surface area contributed by atoms with Crippen LogP contribution in [0.15, 0.2) is 0 Å². The van der Waals surface area contributed by atoms with Crippen molar-refractivity contribution in [2.75, 3.05) is 13.2 Å². The van der Waals surface area contributed by atoms with Gasteiger partial charge in [-0.1, -0.05) is 0 Å². The first-order valence-corrected chi connectivity index (χ1v) is 6.16. The molecular formula is C11H16N2O8. The number of aliphatic hydroxyl groups excluding tert-OH is 2. The number of fused-ring (bicyclic) bond motifs is 5. The molecule has 21 heavy (non-hydrogen) atoms. The summed E-state index contributed by atoms with van der Waals surface area (Å²) in [6.07, 6.45) is -2.43. The van der Waals surface area contributed by atoms with Crippen LogP contribution in [-0.4, -0.2) is 74.4 Å². The molecule has 0 unspecified atom stereocenters. The molecule has 2 bridgehead atoms. The first-order chi connectivity index (χ1) is 9.60. The first-order valence-electron chi connectivity index (χ1n) is 6.16. The van der Waals surface area contributed by atoms with Crippen molar-refractivity contribution in [2.45, 2.75) is 36.5 Å². The fourth-order valence-electron chi connectivity index (χ4n) is 2.21. The highest BCUT2D eigenvalue weighted by molar-refractivity contribution is 6.15. The molecule has 3 fully saturated rings. The van der Waals surface area contributed by atoms with Crippen LogP contribution in [0, 0.1) is 0 Å². The van der Waals surface area contributed by atoms with Gasteiger partial charge in [-0.15, -0.1) is 0 Å². The van der Waals surface area contributed by atoms with Crippen LogP contribution in [0.3, 0.4) is 0 Å². The van der Waals surface area contributed by atoms with Gasteiger partial charge >= 0.3 is 0 Å². The fraction of sp³-hybridized carbons (Fsp3) is 0.727. The van der Waals surface area contributed by atoms with Gasteiger partial charge in [-0.2, -0.15) is 0 Å². The summed E-state index contributed by atoms with van der Waals surface area (Å²) in [5.74, 6) is -3.47. The molecule has 0 aromatic carbocycles. The van der Waals surface area contributed by atoms with Crippen LogP contribution in [0.4, 0.5) is 0 Å². The molecule has 0 radical (unpaired) electrons. The third-order valence-electron chi connectivity index (χ3n) is 3.62. The highest BCUT2D eigenvalue weighted by Gasteiger charge is 2.64. The summed E-state index contributed by atoms with van der Waals surface area (Å²) in [5.41, 5.74) is -7.34. The van der Waals surface area contributed by atoms with Crippen molar-refractivity contribution in [3.05, 3.63) is 0 Å². The van der Waals surface area contributed by atoms with Crippen molar-refractivity contribution in [2.24, 2.45) is 0 Å². The Morgan fingerprint density at radius 1 is 1.33 bits per heavy atom. The molecule has 0 aromatic heterocycles. The monoisotopic (exact) mass is 304 g/mol. The molecule has 0 saturated carbocycles. The van der Waals surface area contributed by atoms with Gasteiger partial charge < -0.3 is 35.8 Å². The van der Waals surface area contributed by atoms with Crippen LogP contribution < -0.4 is 10.6 Å². The number of ether oxygens (including phenoxy) is 1. The minimum atomic E-state index is -2.74. The Morgan fingerprint density at radius 3 is 2.52 bits per heavy atom. The van der Waals surface area contributed by atoms with Crippen molar-refractivity contribution < 1.29 is 39.5 Å². The van der Waals surface area contributed by atoms with Gasteiger partial charge in [0.15, 0.2) is 5.78 Å². The molecule has 0 aromatic rings. The fourth-order valence-corrected chi connectivity index (χ4v) is 2.21. The van der Waals surface area contributed by atoms with E-state index in [1.807, 2.05) is 5.32 Å². The predicted molar refractivity (Wildman–Crippen MR) is 63.3 cm³/mol. The summed E-state index contributed by atoms with van der Waals surface area (Å²) >= 11 is 0. The number of carbonyl (C=O) groups excluding carboxylic acids is 3. The van der Waals surface area contributed by atoms with E-state index in [0.29, 0.717) is 0 Å². The Morgan fingerprint density at radius 2 is 1.95 bits per heavy atom. The Balaban J connectivity index is 2.47. The van der Waals surface area contributed by atoms with Gasteiger partial charge in [0.25, 0.3) is 23.3 Å². The number of ketones is 1. The van der Waals surface area contributed by atoms with Gasteiger partial charge in [0.1, 0.15) is 11.7 Å². The zero-order chi connectivity index (χ0) is 16.1.